The highest BCUT2D eigenvalue weighted by Crippen LogP contribution is 2.30. The van der Waals surface area contributed by atoms with Gasteiger partial charge in [-0.3, -0.25) is 24.5 Å². The van der Waals surface area contributed by atoms with Crippen LogP contribution in [0.1, 0.15) is 33.4 Å². The molecule has 0 amide bonds. The third-order valence-corrected chi connectivity index (χ3v) is 15.6. The Morgan fingerprint density at radius 2 is 0.663 bits per heavy atom. The van der Waals surface area contributed by atoms with Crippen molar-refractivity contribution in [2.75, 3.05) is 100 Å². The number of ether oxygens (including phenoxy) is 6. The van der Waals surface area contributed by atoms with Gasteiger partial charge in [-0.25, -0.2) is 14.4 Å². The Kier molecular flexibility index (Phi) is 18.1. The molecular formula is C66H69N5O12. The predicted octanol–water partition coefficient (Wildman–Crippen LogP) is 9.21. The number of nitrogens with zero attached hydrogens (tertiary/aromatic N) is 5. The first kappa shape index (κ1) is 56.4. The van der Waals surface area contributed by atoms with Gasteiger partial charge < -0.3 is 41.7 Å². The van der Waals surface area contributed by atoms with Crippen LogP contribution in [0.25, 0.3) is 32.9 Å². The van der Waals surface area contributed by atoms with Crippen molar-refractivity contribution in [1.82, 2.24) is 24.5 Å². The summed E-state index contributed by atoms with van der Waals surface area (Å²) in [6.45, 7) is 9.45. The lowest BCUT2D eigenvalue weighted by Crippen LogP contribution is -2.43. The largest absolute Gasteiger partial charge is 0.497 e. The molecule has 3 aliphatic rings. The van der Waals surface area contributed by atoms with Gasteiger partial charge >= 0.3 is 16.9 Å². The molecule has 0 saturated carbocycles. The van der Waals surface area contributed by atoms with Crippen LogP contribution < -0.4 is 45.3 Å². The summed E-state index contributed by atoms with van der Waals surface area (Å²) < 4.78 is 54.1. The Balaban J connectivity index is 1.02. The first-order chi connectivity index (χ1) is 40.6. The molecule has 83 heavy (non-hydrogen) atoms. The van der Waals surface area contributed by atoms with Crippen LogP contribution in [0.4, 0.5) is 0 Å². The third-order valence-electron chi connectivity index (χ3n) is 15.6. The number of para-hydroxylation sites is 3. The maximum Gasteiger partial charge on any atom is 0.336 e. The summed E-state index contributed by atoms with van der Waals surface area (Å²) >= 11 is 0. The van der Waals surface area contributed by atoms with Crippen molar-refractivity contribution in [1.29, 1.82) is 0 Å². The van der Waals surface area contributed by atoms with Gasteiger partial charge in [0.25, 0.3) is 0 Å². The fourth-order valence-corrected chi connectivity index (χ4v) is 11.2. The summed E-state index contributed by atoms with van der Waals surface area (Å²) in [6, 6.07) is 46.1. The molecule has 9 aromatic rings. The first-order valence-corrected chi connectivity index (χ1v) is 28.2. The predicted molar refractivity (Wildman–Crippen MR) is 318 cm³/mol. The zero-order valence-corrected chi connectivity index (χ0v) is 47.2. The number of hydrogen-bond acceptors (Lipinski definition) is 17. The highest BCUT2D eigenvalue weighted by molar-refractivity contribution is 5.83. The van der Waals surface area contributed by atoms with Crippen LogP contribution in [0.2, 0.25) is 0 Å². The van der Waals surface area contributed by atoms with Crippen molar-refractivity contribution in [2.24, 2.45) is 0 Å². The van der Waals surface area contributed by atoms with E-state index < -0.39 is 16.9 Å². The van der Waals surface area contributed by atoms with Crippen LogP contribution in [0.3, 0.4) is 0 Å². The van der Waals surface area contributed by atoms with E-state index in [1.54, 1.807) is 57.7 Å². The molecule has 17 nitrogen and oxygen atoms in total. The Labute approximate surface area is 481 Å². The summed E-state index contributed by atoms with van der Waals surface area (Å²) in [5.41, 5.74) is 5.55. The summed E-state index contributed by atoms with van der Waals surface area (Å²) in [5, 5.41) is 2.46. The van der Waals surface area contributed by atoms with Crippen LogP contribution in [0.5, 0.6) is 34.5 Å². The Morgan fingerprint density at radius 1 is 0.361 bits per heavy atom. The molecule has 0 radical (unpaired) electrons. The number of rotatable bonds is 9. The van der Waals surface area contributed by atoms with Crippen LogP contribution >= 0.6 is 0 Å². The molecule has 430 valence electrons. The Morgan fingerprint density at radius 3 is 0.976 bits per heavy atom. The van der Waals surface area contributed by atoms with Crippen LogP contribution in [0.15, 0.2) is 173 Å². The van der Waals surface area contributed by atoms with Gasteiger partial charge in [0, 0.05) is 167 Å². The van der Waals surface area contributed by atoms with Crippen molar-refractivity contribution in [2.45, 2.75) is 39.3 Å². The fraction of sp³-hybridized carbons (Fsp3) is 0.318. The maximum absolute atomic E-state index is 13.4. The van der Waals surface area contributed by atoms with Gasteiger partial charge in [-0.2, -0.15) is 0 Å². The van der Waals surface area contributed by atoms with E-state index in [1.807, 2.05) is 91.0 Å². The highest BCUT2D eigenvalue weighted by atomic mass is 16.5. The molecule has 0 spiro atoms. The third kappa shape index (κ3) is 14.3. The molecule has 17 heteroatoms. The maximum atomic E-state index is 13.4. The fourth-order valence-electron chi connectivity index (χ4n) is 11.2. The quantitative estimate of drug-likeness (QED) is 0.126. The molecule has 0 N–H and O–H groups in total. The van der Waals surface area contributed by atoms with E-state index in [0.717, 1.165) is 66.8 Å². The van der Waals surface area contributed by atoms with Gasteiger partial charge in [0.15, 0.2) is 0 Å². The van der Waals surface area contributed by atoms with E-state index >= 15 is 0 Å². The Hall–Kier alpha value is -8.45. The van der Waals surface area contributed by atoms with Crippen molar-refractivity contribution in [3.8, 4) is 34.5 Å². The standard InChI is InChI=1S/C66H69N5O12/c1-75-52-16-19-55-49(34-64(72)81-61(55)37-52)43-69-25-22-67-23-26-70(44-50-35-65(73)82-62-38-53(76-2)17-20-56(50)62)41-47-11-5-8-14-59(47)79-32-29-68(28-31-78-58-13-7-4-10-46(58)40-69)30-33-80-60-15-9-6-12-48(60)42-71(27-24-67)45-51-36-66(74)83-63-39-54(77-3)18-21-57(51)63/h4-21,34-39H,22-33,40-45H2,1-3H3. The molecule has 0 atom stereocenters. The molecule has 12 rings (SSSR count). The first-order valence-electron chi connectivity index (χ1n) is 28.2. The van der Waals surface area contributed by atoms with Crippen LogP contribution in [0, 0.1) is 0 Å². The van der Waals surface area contributed by atoms with E-state index in [9.17, 15) is 14.4 Å². The minimum atomic E-state index is -0.442. The lowest BCUT2D eigenvalue weighted by Gasteiger charge is -2.33. The lowest BCUT2D eigenvalue weighted by atomic mass is 10.1. The average Bonchev–Trinajstić information content (AvgIpc) is 3.59. The lowest BCUT2D eigenvalue weighted by molar-refractivity contribution is 0.134. The normalized spacial score (nSPS) is 17.5. The molecule has 2 bridgehead atoms. The monoisotopic (exact) mass is 1120 g/mol. The zero-order chi connectivity index (χ0) is 57.1. The van der Waals surface area contributed by atoms with Gasteiger partial charge in [0.2, 0.25) is 0 Å². The van der Waals surface area contributed by atoms with E-state index in [1.165, 1.54) is 0 Å². The summed E-state index contributed by atoms with van der Waals surface area (Å²) in [5.74, 6) is 4.12. The van der Waals surface area contributed by atoms with Gasteiger partial charge in [-0.15, -0.1) is 0 Å². The molecule has 3 aliphatic heterocycles. The van der Waals surface area contributed by atoms with Gasteiger partial charge in [0.05, 0.1) is 21.3 Å². The number of benzene rings is 6. The molecular weight excluding hydrogens is 1050 g/mol. The molecule has 6 heterocycles. The minimum absolute atomic E-state index is 0.409. The second kappa shape index (κ2) is 26.6. The van der Waals surface area contributed by atoms with E-state index in [2.05, 4.69) is 42.7 Å². The number of methoxy groups -OCH3 is 3. The summed E-state index contributed by atoms with van der Waals surface area (Å²) in [4.78, 5) is 52.0. The molecule has 0 fully saturated rings. The van der Waals surface area contributed by atoms with Crippen molar-refractivity contribution >= 4 is 32.9 Å². The van der Waals surface area contributed by atoms with Crippen molar-refractivity contribution in [3.05, 3.63) is 210 Å². The molecule has 3 aromatic heterocycles. The van der Waals surface area contributed by atoms with Crippen LogP contribution in [-0.4, -0.2) is 125 Å². The highest BCUT2D eigenvalue weighted by Gasteiger charge is 2.23. The average molecular weight is 1120 g/mol. The van der Waals surface area contributed by atoms with E-state index in [4.69, 9.17) is 41.7 Å². The van der Waals surface area contributed by atoms with Gasteiger partial charge in [-0.1, -0.05) is 54.6 Å². The second-order valence-corrected chi connectivity index (χ2v) is 21.0. The molecule has 6 aromatic carbocycles. The number of hydrogen-bond donors (Lipinski definition) is 0. The minimum Gasteiger partial charge on any atom is -0.497 e. The smallest absolute Gasteiger partial charge is 0.336 e. The zero-order valence-electron chi connectivity index (χ0n) is 47.2. The topological polar surface area (TPSA) is 162 Å². The number of fused-ring (bicyclic) bond motifs is 18. The molecule has 0 saturated heterocycles. The summed E-state index contributed by atoms with van der Waals surface area (Å²) in [6.07, 6.45) is 0. The van der Waals surface area contributed by atoms with Crippen LogP contribution in [-0.2, 0) is 39.3 Å². The van der Waals surface area contributed by atoms with E-state index in [-0.39, 0.29) is 0 Å². The van der Waals surface area contributed by atoms with E-state index in [0.29, 0.717) is 152 Å². The molecule has 0 aliphatic carbocycles. The second-order valence-electron chi connectivity index (χ2n) is 21.0. The van der Waals surface area contributed by atoms with Gasteiger partial charge in [0.1, 0.15) is 71.1 Å². The van der Waals surface area contributed by atoms with Crippen molar-refractivity contribution < 1.29 is 41.7 Å². The summed E-state index contributed by atoms with van der Waals surface area (Å²) in [7, 11) is 4.78. The Bertz CT molecular complexity index is 3480. The molecule has 0 unspecified atom stereocenters. The van der Waals surface area contributed by atoms with Crippen molar-refractivity contribution in [3.63, 3.8) is 0 Å². The van der Waals surface area contributed by atoms with Gasteiger partial charge in [-0.05, 0) is 71.3 Å². The SMILES string of the molecule is COc1ccc2c(CN3CCN4CCN(Cc5cc(=O)oc6cc(OC)ccc56)Cc5ccccc5OCCN(CCOc5ccccc5C3)CCOc3ccccc3CN(Cc3cc(=O)oc5cc(OC)ccc35)CC4)cc(=O)oc2c1.